The molecule has 0 radical (unpaired) electrons. The topological polar surface area (TPSA) is 101 Å². The number of likely N-dealkylation sites (tertiary alicyclic amines) is 1. The number of primary amides is 1. The molecular formula is C14H16N2O4. The number of hydrogen-bond acceptors (Lipinski definition) is 3. The van der Waals surface area contributed by atoms with Gasteiger partial charge in [0.1, 0.15) is 0 Å². The van der Waals surface area contributed by atoms with Crippen LogP contribution in [0.3, 0.4) is 0 Å². The van der Waals surface area contributed by atoms with Gasteiger partial charge in [-0.3, -0.25) is 9.59 Å². The lowest BCUT2D eigenvalue weighted by Gasteiger charge is -2.21. The molecule has 1 heterocycles. The first-order valence-corrected chi connectivity index (χ1v) is 6.27. The smallest absolute Gasteiger partial charge is 0.336 e. The van der Waals surface area contributed by atoms with Gasteiger partial charge in [-0.25, -0.2) is 4.79 Å². The standard InChI is InChI=1S/C14H16N2O4/c1-14(13(15)20)6-7-16(8-14)11(17)9-4-2-3-5-10(9)12(18)19/h2-5H,6-8H2,1H3,(H2,15,20)(H,18,19). The molecule has 1 aromatic carbocycles. The summed E-state index contributed by atoms with van der Waals surface area (Å²) in [5.74, 6) is -1.97. The summed E-state index contributed by atoms with van der Waals surface area (Å²) < 4.78 is 0. The van der Waals surface area contributed by atoms with E-state index in [-0.39, 0.29) is 23.6 Å². The van der Waals surface area contributed by atoms with Gasteiger partial charge in [0.25, 0.3) is 5.91 Å². The molecule has 1 atom stereocenters. The molecular weight excluding hydrogens is 260 g/mol. The Kier molecular flexibility index (Phi) is 3.48. The zero-order chi connectivity index (χ0) is 14.9. The van der Waals surface area contributed by atoms with E-state index in [2.05, 4.69) is 0 Å². The second kappa shape index (κ2) is 4.96. The normalized spacial score (nSPS) is 21.8. The van der Waals surface area contributed by atoms with E-state index in [0.29, 0.717) is 13.0 Å². The Morgan fingerprint density at radius 2 is 1.85 bits per heavy atom. The minimum absolute atomic E-state index is 0.0369. The number of carbonyl (C=O) groups is 3. The van der Waals surface area contributed by atoms with Gasteiger partial charge in [-0.2, -0.15) is 0 Å². The maximum Gasteiger partial charge on any atom is 0.336 e. The minimum Gasteiger partial charge on any atom is -0.478 e. The molecule has 1 aliphatic rings. The van der Waals surface area contributed by atoms with Crippen molar-refractivity contribution in [1.82, 2.24) is 4.90 Å². The summed E-state index contributed by atoms with van der Waals surface area (Å²) in [6.45, 7) is 2.33. The summed E-state index contributed by atoms with van der Waals surface area (Å²) in [6, 6.07) is 6.05. The van der Waals surface area contributed by atoms with Gasteiger partial charge in [0, 0.05) is 13.1 Å². The Morgan fingerprint density at radius 3 is 2.35 bits per heavy atom. The third-order valence-corrected chi connectivity index (χ3v) is 3.74. The van der Waals surface area contributed by atoms with Gasteiger partial charge in [0.2, 0.25) is 5.91 Å². The molecule has 20 heavy (non-hydrogen) atoms. The van der Waals surface area contributed by atoms with E-state index >= 15 is 0 Å². The van der Waals surface area contributed by atoms with Crippen LogP contribution in [0.25, 0.3) is 0 Å². The van der Waals surface area contributed by atoms with Crippen LogP contribution in [0.15, 0.2) is 24.3 Å². The van der Waals surface area contributed by atoms with Crippen LogP contribution in [-0.2, 0) is 4.79 Å². The quantitative estimate of drug-likeness (QED) is 0.849. The largest absolute Gasteiger partial charge is 0.478 e. The van der Waals surface area contributed by atoms with Crippen LogP contribution in [0, 0.1) is 5.41 Å². The highest BCUT2D eigenvalue weighted by atomic mass is 16.4. The predicted molar refractivity (Wildman–Crippen MR) is 71.2 cm³/mol. The van der Waals surface area contributed by atoms with Crippen molar-refractivity contribution < 1.29 is 19.5 Å². The van der Waals surface area contributed by atoms with E-state index in [4.69, 9.17) is 10.8 Å². The van der Waals surface area contributed by atoms with Gasteiger partial charge in [0.15, 0.2) is 0 Å². The van der Waals surface area contributed by atoms with Gasteiger partial charge in [-0.15, -0.1) is 0 Å². The Hall–Kier alpha value is -2.37. The fourth-order valence-corrected chi connectivity index (χ4v) is 2.36. The summed E-state index contributed by atoms with van der Waals surface area (Å²) in [4.78, 5) is 36.4. The maximum absolute atomic E-state index is 12.4. The first kappa shape index (κ1) is 14.0. The van der Waals surface area contributed by atoms with Crippen LogP contribution in [0.4, 0.5) is 0 Å². The van der Waals surface area contributed by atoms with E-state index in [0.717, 1.165) is 0 Å². The highest BCUT2D eigenvalue weighted by Crippen LogP contribution is 2.30. The van der Waals surface area contributed by atoms with E-state index in [1.165, 1.54) is 17.0 Å². The van der Waals surface area contributed by atoms with Gasteiger partial charge in [-0.1, -0.05) is 12.1 Å². The Bertz CT molecular complexity index is 584. The number of nitrogens with two attached hydrogens (primary N) is 1. The molecule has 1 aliphatic heterocycles. The number of amides is 2. The molecule has 6 nitrogen and oxygen atoms in total. The SMILES string of the molecule is CC1(C(N)=O)CCN(C(=O)c2ccccc2C(=O)O)C1. The Balaban J connectivity index is 2.26. The molecule has 0 saturated carbocycles. The summed E-state index contributed by atoms with van der Waals surface area (Å²) in [5, 5.41) is 9.10. The van der Waals surface area contributed by atoms with Crippen molar-refractivity contribution in [3.05, 3.63) is 35.4 Å². The molecule has 1 fully saturated rings. The molecule has 6 heteroatoms. The molecule has 2 amide bonds. The number of benzene rings is 1. The van der Waals surface area contributed by atoms with E-state index in [1.54, 1.807) is 19.1 Å². The third kappa shape index (κ3) is 2.36. The molecule has 0 spiro atoms. The third-order valence-electron chi connectivity index (χ3n) is 3.74. The Morgan fingerprint density at radius 1 is 1.25 bits per heavy atom. The minimum atomic E-state index is -1.15. The van der Waals surface area contributed by atoms with E-state index in [1.807, 2.05) is 0 Å². The van der Waals surface area contributed by atoms with Crippen molar-refractivity contribution in [2.24, 2.45) is 11.1 Å². The van der Waals surface area contributed by atoms with Crippen LogP contribution in [0.2, 0.25) is 0 Å². The van der Waals surface area contributed by atoms with Crippen LogP contribution >= 0.6 is 0 Å². The lowest BCUT2D eigenvalue weighted by molar-refractivity contribution is -0.126. The summed E-state index contributed by atoms with van der Waals surface area (Å²) in [5.41, 5.74) is 4.69. The average molecular weight is 276 g/mol. The lowest BCUT2D eigenvalue weighted by Crippen LogP contribution is -2.39. The number of hydrogen-bond donors (Lipinski definition) is 2. The number of carbonyl (C=O) groups excluding carboxylic acids is 2. The van der Waals surface area contributed by atoms with Gasteiger partial charge in [0.05, 0.1) is 16.5 Å². The second-order valence-electron chi connectivity index (χ2n) is 5.25. The zero-order valence-electron chi connectivity index (χ0n) is 11.1. The molecule has 1 saturated heterocycles. The number of aromatic carboxylic acids is 1. The predicted octanol–water partition coefficient (Wildman–Crippen LogP) is 0.722. The molecule has 2 rings (SSSR count). The van der Waals surface area contributed by atoms with Crippen molar-refractivity contribution in [3.8, 4) is 0 Å². The average Bonchev–Trinajstić information content (AvgIpc) is 2.82. The van der Waals surface area contributed by atoms with Crippen molar-refractivity contribution >= 4 is 17.8 Å². The number of carboxylic acids is 1. The highest BCUT2D eigenvalue weighted by Gasteiger charge is 2.41. The number of carboxylic acid groups (broad SMARTS) is 1. The Labute approximate surface area is 116 Å². The lowest BCUT2D eigenvalue weighted by atomic mass is 9.89. The van der Waals surface area contributed by atoms with Crippen LogP contribution < -0.4 is 5.73 Å². The number of nitrogens with zero attached hydrogens (tertiary/aromatic N) is 1. The van der Waals surface area contributed by atoms with Crippen molar-refractivity contribution in [2.45, 2.75) is 13.3 Å². The first-order valence-electron chi connectivity index (χ1n) is 6.27. The zero-order valence-corrected chi connectivity index (χ0v) is 11.1. The number of rotatable bonds is 3. The van der Waals surface area contributed by atoms with Gasteiger partial charge >= 0.3 is 5.97 Å². The summed E-state index contributed by atoms with van der Waals surface area (Å²) in [7, 11) is 0. The highest BCUT2D eigenvalue weighted by molar-refractivity contribution is 6.05. The monoisotopic (exact) mass is 276 g/mol. The van der Waals surface area contributed by atoms with Crippen molar-refractivity contribution in [3.63, 3.8) is 0 Å². The molecule has 0 bridgehead atoms. The van der Waals surface area contributed by atoms with Gasteiger partial charge < -0.3 is 15.7 Å². The van der Waals surface area contributed by atoms with Crippen LogP contribution in [0.5, 0.6) is 0 Å². The van der Waals surface area contributed by atoms with Crippen LogP contribution in [0.1, 0.15) is 34.1 Å². The maximum atomic E-state index is 12.4. The second-order valence-corrected chi connectivity index (χ2v) is 5.25. The van der Waals surface area contributed by atoms with Crippen LogP contribution in [-0.4, -0.2) is 40.9 Å². The van der Waals surface area contributed by atoms with Crippen molar-refractivity contribution in [2.75, 3.05) is 13.1 Å². The fraction of sp³-hybridized carbons (Fsp3) is 0.357. The molecule has 3 N–H and O–H groups in total. The molecule has 106 valence electrons. The summed E-state index contributed by atoms with van der Waals surface area (Å²) in [6.07, 6.45) is 0.489. The van der Waals surface area contributed by atoms with Crippen molar-refractivity contribution in [1.29, 1.82) is 0 Å². The molecule has 1 unspecified atom stereocenters. The fourth-order valence-electron chi connectivity index (χ4n) is 2.36. The first-order chi connectivity index (χ1) is 9.35. The summed E-state index contributed by atoms with van der Waals surface area (Å²) >= 11 is 0. The van der Waals surface area contributed by atoms with E-state index < -0.39 is 17.3 Å². The molecule has 1 aromatic rings. The van der Waals surface area contributed by atoms with Gasteiger partial charge in [-0.05, 0) is 25.5 Å². The van der Waals surface area contributed by atoms with E-state index in [9.17, 15) is 14.4 Å². The molecule has 0 aromatic heterocycles. The molecule has 0 aliphatic carbocycles.